The normalized spacial score (nSPS) is 17.2. The maximum atomic E-state index is 2.57. The lowest BCUT2D eigenvalue weighted by molar-refractivity contribution is 0.159. The van der Waals surface area contributed by atoms with E-state index in [2.05, 4.69) is 43.1 Å². The van der Waals surface area contributed by atoms with Crippen molar-refractivity contribution in [3.63, 3.8) is 0 Å². The Morgan fingerprint density at radius 1 is 0.625 bits per heavy atom. The number of hydrogen-bond donors (Lipinski definition) is 0. The second kappa shape index (κ2) is 14.7. The van der Waals surface area contributed by atoms with E-state index in [4.69, 9.17) is 0 Å². The molecule has 0 aromatic rings. The van der Waals surface area contributed by atoms with Gasteiger partial charge in [0.1, 0.15) is 6.17 Å². The monoisotopic (exact) mass is 336 g/mol. The molecule has 0 saturated heterocycles. The minimum absolute atomic E-state index is 0.625. The minimum atomic E-state index is 0.625. The highest BCUT2D eigenvalue weighted by atomic mass is 15.4. The Balaban J connectivity index is 1.95. The van der Waals surface area contributed by atoms with Crippen molar-refractivity contribution in [1.82, 2.24) is 9.80 Å². The molecular weight excluding hydrogens is 292 g/mol. The fourth-order valence-corrected chi connectivity index (χ4v) is 3.75. The van der Waals surface area contributed by atoms with Crippen LogP contribution in [0.25, 0.3) is 0 Å². The topological polar surface area (TPSA) is 6.48 Å². The summed E-state index contributed by atoms with van der Waals surface area (Å²) < 4.78 is 0. The van der Waals surface area contributed by atoms with Gasteiger partial charge in [0, 0.05) is 26.0 Å². The Bertz CT molecular complexity index is 300. The van der Waals surface area contributed by atoms with Crippen molar-refractivity contribution < 1.29 is 0 Å². The van der Waals surface area contributed by atoms with Gasteiger partial charge in [0.05, 0.1) is 0 Å². The molecule has 0 aromatic heterocycles. The zero-order valence-corrected chi connectivity index (χ0v) is 16.9. The van der Waals surface area contributed by atoms with Gasteiger partial charge in [0.15, 0.2) is 0 Å². The first-order valence-corrected chi connectivity index (χ1v) is 11.0. The van der Waals surface area contributed by atoms with Crippen molar-refractivity contribution in [2.45, 2.75) is 116 Å². The van der Waals surface area contributed by atoms with E-state index < -0.39 is 0 Å². The quantitative estimate of drug-likeness (QED) is 0.282. The highest BCUT2D eigenvalue weighted by Crippen LogP contribution is 2.20. The fraction of sp³-hybridized carbons (Fsp3) is 0.909. The summed E-state index contributed by atoms with van der Waals surface area (Å²) in [5.74, 6) is 0. The van der Waals surface area contributed by atoms with Crippen LogP contribution in [0.2, 0.25) is 0 Å². The third kappa shape index (κ3) is 9.59. The van der Waals surface area contributed by atoms with Gasteiger partial charge in [-0.3, -0.25) is 0 Å². The molecule has 0 aromatic carbocycles. The lowest BCUT2D eigenvalue weighted by Crippen LogP contribution is -2.36. The van der Waals surface area contributed by atoms with E-state index >= 15 is 0 Å². The second-order valence-electron chi connectivity index (χ2n) is 7.71. The maximum absolute atomic E-state index is 2.57. The van der Waals surface area contributed by atoms with Crippen molar-refractivity contribution in [2.24, 2.45) is 0 Å². The van der Waals surface area contributed by atoms with Gasteiger partial charge < -0.3 is 9.80 Å². The highest BCUT2D eigenvalue weighted by Gasteiger charge is 2.22. The molecule has 0 N–H and O–H groups in total. The molecule has 0 fully saturated rings. The van der Waals surface area contributed by atoms with E-state index in [0.29, 0.717) is 6.17 Å². The number of hydrogen-bond acceptors (Lipinski definition) is 2. The predicted octanol–water partition coefficient (Wildman–Crippen LogP) is 6.92. The molecule has 1 rings (SSSR count). The van der Waals surface area contributed by atoms with Crippen LogP contribution in [-0.4, -0.2) is 29.6 Å². The first kappa shape index (κ1) is 21.4. The molecule has 0 aliphatic carbocycles. The lowest BCUT2D eigenvalue weighted by atomic mass is 10.1. The molecule has 1 aliphatic rings. The van der Waals surface area contributed by atoms with E-state index in [0.717, 1.165) is 0 Å². The summed E-state index contributed by atoms with van der Waals surface area (Å²) >= 11 is 0. The standard InChI is InChI=1S/C22H44N2/c1-4-6-8-9-10-11-12-13-14-15-17-19-24-21-20-23(3)22(24)18-16-7-5-2/h20-22H,4-19H2,1-3H3. The third-order valence-electron chi connectivity index (χ3n) is 5.43. The van der Waals surface area contributed by atoms with Crippen molar-refractivity contribution in [1.29, 1.82) is 0 Å². The van der Waals surface area contributed by atoms with Crippen LogP contribution in [0.5, 0.6) is 0 Å². The molecule has 0 bridgehead atoms. The van der Waals surface area contributed by atoms with Crippen LogP contribution in [0.1, 0.15) is 110 Å². The van der Waals surface area contributed by atoms with Gasteiger partial charge in [-0.1, -0.05) is 90.9 Å². The van der Waals surface area contributed by atoms with Crippen LogP contribution in [0.4, 0.5) is 0 Å². The number of rotatable bonds is 16. The summed E-state index contributed by atoms with van der Waals surface area (Å²) in [5.41, 5.74) is 0. The molecule has 1 heterocycles. The van der Waals surface area contributed by atoms with Crippen molar-refractivity contribution in [3.05, 3.63) is 12.4 Å². The highest BCUT2D eigenvalue weighted by molar-refractivity contribution is 4.95. The minimum Gasteiger partial charge on any atom is -0.359 e. The predicted molar refractivity (Wildman–Crippen MR) is 108 cm³/mol. The molecule has 24 heavy (non-hydrogen) atoms. The molecule has 2 nitrogen and oxygen atoms in total. The number of unbranched alkanes of at least 4 members (excludes halogenated alkanes) is 12. The summed E-state index contributed by atoms with van der Waals surface area (Å²) in [6.45, 7) is 5.83. The molecule has 2 heteroatoms. The Morgan fingerprint density at radius 2 is 1.12 bits per heavy atom. The van der Waals surface area contributed by atoms with Crippen LogP contribution in [0, 0.1) is 0 Å². The Kier molecular flexibility index (Phi) is 13.1. The summed E-state index contributed by atoms with van der Waals surface area (Å²) in [5, 5.41) is 0. The molecular formula is C22H44N2. The SMILES string of the molecule is CCCCCCCCCCCCCN1C=CN(C)C1CCCCC. The van der Waals surface area contributed by atoms with Gasteiger partial charge in [-0.25, -0.2) is 0 Å². The summed E-state index contributed by atoms with van der Waals surface area (Å²) in [6, 6.07) is 0. The van der Waals surface area contributed by atoms with Gasteiger partial charge in [-0.15, -0.1) is 0 Å². The van der Waals surface area contributed by atoms with Gasteiger partial charge in [-0.2, -0.15) is 0 Å². The molecule has 0 spiro atoms. The summed E-state index contributed by atoms with van der Waals surface area (Å²) in [4.78, 5) is 4.97. The Labute approximate surface area is 152 Å². The van der Waals surface area contributed by atoms with E-state index in [1.165, 1.54) is 103 Å². The maximum Gasteiger partial charge on any atom is 0.100 e. The van der Waals surface area contributed by atoms with Crippen molar-refractivity contribution in [3.8, 4) is 0 Å². The van der Waals surface area contributed by atoms with Crippen LogP contribution >= 0.6 is 0 Å². The summed E-state index contributed by atoms with van der Waals surface area (Å²) in [7, 11) is 2.23. The zero-order chi connectivity index (χ0) is 17.5. The molecule has 1 atom stereocenters. The molecule has 1 unspecified atom stereocenters. The smallest absolute Gasteiger partial charge is 0.100 e. The van der Waals surface area contributed by atoms with Gasteiger partial charge in [-0.05, 0) is 19.3 Å². The fourth-order valence-electron chi connectivity index (χ4n) is 3.75. The van der Waals surface area contributed by atoms with E-state index in [-0.39, 0.29) is 0 Å². The molecule has 0 amide bonds. The second-order valence-corrected chi connectivity index (χ2v) is 7.71. The molecule has 142 valence electrons. The van der Waals surface area contributed by atoms with Crippen LogP contribution in [-0.2, 0) is 0 Å². The van der Waals surface area contributed by atoms with E-state index in [1.807, 2.05) is 0 Å². The zero-order valence-electron chi connectivity index (χ0n) is 16.9. The number of nitrogens with zero attached hydrogens (tertiary/aromatic N) is 2. The largest absolute Gasteiger partial charge is 0.359 e. The van der Waals surface area contributed by atoms with Crippen LogP contribution in [0.15, 0.2) is 12.4 Å². The first-order valence-electron chi connectivity index (χ1n) is 11.0. The molecule has 0 radical (unpaired) electrons. The summed E-state index contributed by atoms with van der Waals surface area (Å²) in [6.07, 6.45) is 26.3. The van der Waals surface area contributed by atoms with E-state index in [9.17, 15) is 0 Å². The Hall–Kier alpha value is -0.660. The average molecular weight is 337 g/mol. The van der Waals surface area contributed by atoms with E-state index in [1.54, 1.807) is 0 Å². The van der Waals surface area contributed by atoms with Gasteiger partial charge in [0.2, 0.25) is 0 Å². The van der Waals surface area contributed by atoms with Gasteiger partial charge in [0.25, 0.3) is 0 Å². The van der Waals surface area contributed by atoms with Crippen molar-refractivity contribution >= 4 is 0 Å². The van der Waals surface area contributed by atoms with Gasteiger partial charge >= 0.3 is 0 Å². The molecule has 0 saturated carbocycles. The van der Waals surface area contributed by atoms with Crippen LogP contribution < -0.4 is 0 Å². The van der Waals surface area contributed by atoms with Crippen LogP contribution in [0.3, 0.4) is 0 Å². The average Bonchev–Trinajstić information content (AvgIpc) is 2.93. The third-order valence-corrected chi connectivity index (χ3v) is 5.43. The Morgan fingerprint density at radius 3 is 1.71 bits per heavy atom. The molecule has 1 aliphatic heterocycles. The van der Waals surface area contributed by atoms with Crippen molar-refractivity contribution in [2.75, 3.05) is 13.6 Å². The first-order chi connectivity index (χ1) is 11.8. The lowest BCUT2D eigenvalue weighted by Gasteiger charge is -2.30.